The third-order valence-corrected chi connectivity index (χ3v) is 4.02. The van der Waals surface area contributed by atoms with E-state index in [1.807, 2.05) is 0 Å². The van der Waals surface area contributed by atoms with E-state index in [0.29, 0.717) is 29.4 Å². The van der Waals surface area contributed by atoms with Crippen LogP contribution in [0.4, 0.5) is 0 Å². The first-order chi connectivity index (χ1) is 9.08. The molecule has 1 atom stereocenters. The molecule has 1 saturated carbocycles. The van der Waals surface area contributed by atoms with Crippen molar-refractivity contribution >= 4 is 11.8 Å². The van der Waals surface area contributed by atoms with Crippen LogP contribution in [0.3, 0.4) is 0 Å². The van der Waals surface area contributed by atoms with Gasteiger partial charge in [0.25, 0.3) is 0 Å². The van der Waals surface area contributed by atoms with E-state index in [9.17, 15) is 9.90 Å². The van der Waals surface area contributed by atoms with Crippen molar-refractivity contribution < 1.29 is 5.11 Å². The average Bonchev–Trinajstić information content (AvgIpc) is 3.11. The predicted molar refractivity (Wildman–Crippen MR) is 75.6 cm³/mol. The molecular formula is C12H22N4O2S. The molecule has 1 fully saturated rings. The van der Waals surface area contributed by atoms with Crippen LogP contribution in [0, 0.1) is 5.92 Å². The van der Waals surface area contributed by atoms with Gasteiger partial charge in [-0.05, 0) is 25.3 Å². The summed E-state index contributed by atoms with van der Waals surface area (Å²) in [6.07, 6.45) is 1.67. The molecule has 0 radical (unpaired) electrons. The normalized spacial score (nSPS) is 17.1. The molecule has 0 amide bonds. The van der Waals surface area contributed by atoms with Gasteiger partial charge < -0.3 is 10.4 Å². The zero-order chi connectivity index (χ0) is 13.8. The van der Waals surface area contributed by atoms with E-state index in [2.05, 4.69) is 29.4 Å². The van der Waals surface area contributed by atoms with Crippen molar-refractivity contribution in [1.29, 1.82) is 0 Å². The highest BCUT2D eigenvalue weighted by Gasteiger charge is 2.28. The summed E-state index contributed by atoms with van der Waals surface area (Å²) in [6, 6.07) is 0.310. The number of nitrogens with one attached hydrogen (secondary N) is 2. The lowest BCUT2D eigenvalue weighted by molar-refractivity contribution is 0.194. The molecule has 0 bridgehead atoms. The molecule has 6 nitrogen and oxygen atoms in total. The van der Waals surface area contributed by atoms with Crippen LogP contribution in [0.1, 0.15) is 32.7 Å². The van der Waals surface area contributed by atoms with E-state index >= 15 is 0 Å². The van der Waals surface area contributed by atoms with Crippen molar-refractivity contribution in [1.82, 2.24) is 20.1 Å². The lowest BCUT2D eigenvalue weighted by atomic mass is 10.2. The Bertz CT molecular complexity index is 453. The highest BCUT2D eigenvalue weighted by molar-refractivity contribution is 7.99. The van der Waals surface area contributed by atoms with Crippen LogP contribution in [0.5, 0.6) is 0 Å². The predicted octanol–water partition coefficient (Wildman–Crippen LogP) is 0.605. The highest BCUT2D eigenvalue weighted by Crippen LogP contribution is 2.36. The maximum atomic E-state index is 11.6. The zero-order valence-corrected chi connectivity index (χ0v) is 12.2. The number of thioether (sulfide) groups is 1. The van der Waals surface area contributed by atoms with Crippen molar-refractivity contribution in [3.8, 4) is 0 Å². The largest absolute Gasteiger partial charge is 0.391 e. The summed E-state index contributed by atoms with van der Waals surface area (Å²) in [5, 5.41) is 20.3. The molecule has 0 aromatic carbocycles. The molecule has 3 N–H and O–H groups in total. The molecule has 0 saturated heterocycles. The minimum atomic E-state index is -0.428. The number of hydrogen-bond acceptors (Lipinski definition) is 5. The van der Waals surface area contributed by atoms with Crippen LogP contribution in [-0.4, -0.2) is 44.8 Å². The Labute approximate surface area is 117 Å². The van der Waals surface area contributed by atoms with E-state index < -0.39 is 6.10 Å². The van der Waals surface area contributed by atoms with E-state index in [-0.39, 0.29) is 5.69 Å². The Morgan fingerprint density at radius 2 is 2.26 bits per heavy atom. The molecule has 2 rings (SSSR count). The van der Waals surface area contributed by atoms with Crippen LogP contribution in [0.15, 0.2) is 9.95 Å². The van der Waals surface area contributed by atoms with Gasteiger partial charge in [0, 0.05) is 18.3 Å². The number of nitrogens with zero attached hydrogens (tertiary/aromatic N) is 2. The van der Waals surface area contributed by atoms with Gasteiger partial charge in [0.05, 0.1) is 6.10 Å². The van der Waals surface area contributed by atoms with Gasteiger partial charge in [0.1, 0.15) is 0 Å². The second kappa shape index (κ2) is 6.58. The smallest absolute Gasteiger partial charge is 0.344 e. The topological polar surface area (TPSA) is 82.9 Å². The summed E-state index contributed by atoms with van der Waals surface area (Å²) in [4.78, 5) is 11.6. The fourth-order valence-corrected chi connectivity index (χ4v) is 2.76. The summed E-state index contributed by atoms with van der Waals surface area (Å²) in [6.45, 7) is 5.73. The molecule has 1 aromatic rings. The van der Waals surface area contributed by atoms with Crippen molar-refractivity contribution in [3.63, 3.8) is 0 Å². The van der Waals surface area contributed by atoms with E-state index in [1.54, 1.807) is 4.57 Å². The van der Waals surface area contributed by atoms with Gasteiger partial charge in [-0.3, -0.25) is 4.57 Å². The minimum absolute atomic E-state index is 0.141. The van der Waals surface area contributed by atoms with Crippen molar-refractivity contribution in [2.75, 3.05) is 18.8 Å². The molecule has 1 aliphatic rings. The monoisotopic (exact) mass is 286 g/mol. The molecule has 0 aliphatic heterocycles. The first-order valence-electron chi connectivity index (χ1n) is 6.76. The number of aromatic amines is 1. The van der Waals surface area contributed by atoms with Gasteiger partial charge in [-0.15, -0.1) is 5.10 Å². The van der Waals surface area contributed by atoms with Crippen molar-refractivity contribution in [2.24, 2.45) is 5.92 Å². The molecule has 1 unspecified atom stereocenters. The van der Waals surface area contributed by atoms with Gasteiger partial charge in [-0.1, -0.05) is 25.6 Å². The number of aromatic nitrogens is 3. The third-order valence-electron chi connectivity index (χ3n) is 2.92. The maximum Gasteiger partial charge on any atom is 0.344 e. The minimum Gasteiger partial charge on any atom is -0.391 e. The molecule has 1 heterocycles. The fourth-order valence-electron chi connectivity index (χ4n) is 1.82. The van der Waals surface area contributed by atoms with Crippen molar-refractivity contribution in [2.45, 2.75) is 44.0 Å². The van der Waals surface area contributed by atoms with Crippen LogP contribution >= 0.6 is 11.8 Å². The average molecular weight is 286 g/mol. The van der Waals surface area contributed by atoms with Crippen LogP contribution < -0.4 is 11.0 Å². The SMILES string of the molecule is CC(C)CNCC(O)CSc1n[nH]c(=O)n1C1CC1. The summed E-state index contributed by atoms with van der Waals surface area (Å²) in [7, 11) is 0. The zero-order valence-electron chi connectivity index (χ0n) is 11.4. The molecule has 1 aliphatic carbocycles. The number of H-pyrrole nitrogens is 1. The standard InChI is InChI=1S/C12H22N4O2S/c1-8(2)5-13-6-10(17)7-19-12-15-14-11(18)16(12)9-3-4-9/h8-10,13,17H,3-7H2,1-2H3,(H,14,18). The van der Waals surface area contributed by atoms with Gasteiger partial charge in [-0.2, -0.15) is 0 Å². The Morgan fingerprint density at radius 3 is 2.89 bits per heavy atom. The first kappa shape index (κ1) is 14.6. The summed E-state index contributed by atoms with van der Waals surface area (Å²) < 4.78 is 1.71. The lowest BCUT2D eigenvalue weighted by Gasteiger charge is -2.12. The fraction of sp³-hybridized carbons (Fsp3) is 0.833. The molecular weight excluding hydrogens is 264 g/mol. The number of aliphatic hydroxyl groups is 1. The molecule has 108 valence electrons. The lowest BCUT2D eigenvalue weighted by Crippen LogP contribution is -2.31. The Hall–Kier alpha value is -0.790. The van der Waals surface area contributed by atoms with E-state index in [0.717, 1.165) is 19.4 Å². The highest BCUT2D eigenvalue weighted by atomic mass is 32.2. The van der Waals surface area contributed by atoms with Gasteiger partial charge >= 0.3 is 5.69 Å². The Morgan fingerprint density at radius 1 is 1.53 bits per heavy atom. The first-order valence-corrected chi connectivity index (χ1v) is 7.75. The van der Waals surface area contributed by atoms with E-state index in [1.165, 1.54) is 11.8 Å². The second-order valence-corrected chi connectivity index (χ2v) is 6.42. The molecule has 7 heteroatoms. The van der Waals surface area contributed by atoms with Crippen LogP contribution in [0.25, 0.3) is 0 Å². The van der Waals surface area contributed by atoms with Gasteiger partial charge in [-0.25, -0.2) is 9.89 Å². The molecule has 19 heavy (non-hydrogen) atoms. The number of aliphatic hydroxyl groups excluding tert-OH is 1. The quantitative estimate of drug-likeness (QED) is 0.610. The van der Waals surface area contributed by atoms with Crippen LogP contribution in [0.2, 0.25) is 0 Å². The summed E-state index contributed by atoms with van der Waals surface area (Å²) in [5.74, 6) is 1.12. The van der Waals surface area contributed by atoms with Crippen LogP contribution in [-0.2, 0) is 0 Å². The van der Waals surface area contributed by atoms with E-state index in [4.69, 9.17) is 0 Å². The summed E-state index contributed by atoms with van der Waals surface area (Å²) in [5.41, 5.74) is -0.141. The number of hydrogen-bond donors (Lipinski definition) is 3. The van der Waals surface area contributed by atoms with Gasteiger partial charge in [0.15, 0.2) is 5.16 Å². The molecule has 0 spiro atoms. The molecule has 1 aromatic heterocycles. The summed E-state index contributed by atoms with van der Waals surface area (Å²) >= 11 is 1.43. The van der Waals surface area contributed by atoms with Crippen molar-refractivity contribution in [3.05, 3.63) is 10.5 Å². The van der Waals surface area contributed by atoms with Gasteiger partial charge in [0.2, 0.25) is 0 Å². The second-order valence-electron chi connectivity index (χ2n) is 5.43. The third kappa shape index (κ3) is 4.36. The Kier molecular flexibility index (Phi) is 5.06. The maximum absolute atomic E-state index is 11.6. The Balaban J connectivity index is 1.77. The number of rotatable bonds is 8.